The van der Waals surface area contributed by atoms with Crippen molar-refractivity contribution in [1.29, 1.82) is 0 Å². The molecule has 0 unspecified atom stereocenters. The van der Waals surface area contributed by atoms with Crippen molar-refractivity contribution in [2.45, 2.75) is 13.3 Å². The van der Waals surface area contributed by atoms with Crippen molar-refractivity contribution in [1.82, 2.24) is 0 Å². The van der Waals surface area contributed by atoms with Crippen LogP contribution in [-0.4, -0.2) is 12.4 Å². The van der Waals surface area contributed by atoms with Crippen molar-refractivity contribution < 1.29 is 9.53 Å². The fourth-order valence-corrected chi connectivity index (χ4v) is 2.19. The summed E-state index contributed by atoms with van der Waals surface area (Å²) in [5.41, 5.74) is 1.33. The highest BCUT2D eigenvalue weighted by Gasteiger charge is 2.11. The number of ether oxygens (including phenoxy) is 1. The number of carbonyl (C=O) groups is 1. The number of halogens is 1. The summed E-state index contributed by atoms with van der Waals surface area (Å²) in [6.07, 6.45) is 0.970. The molecule has 0 radical (unpaired) electrons. The minimum Gasteiger partial charge on any atom is -0.494 e. The van der Waals surface area contributed by atoms with Gasteiger partial charge in [0, 0.05) is 15.6 Å². The minimum absolute atomic E-state index is 0.00881. The van der Waals surface area contributed by atoms with Crippen LogP contribution in [0.3, 0.4) is 0 Å². The highest BCUT2D eigenvalue weighted by molar-refractivity contribution is 9.10. The summed E-state index contributed by atoms with van der Waals surface area (Å²) in [6, 6.07) is 14.7. The lowest BCUT2D eigenvalue weighted by Crippen LogP contribution is -2.02. The van der Waals surface area contributed by atoms with Gasteiger partial charge in [-0.15, -0.1) is 0 Å². The van der Waals surface area contributed by atoms with Gasteiger partial charge in [-0.2, -0.15) is 0 Å². The Morgan fingerprint density at radius 3 is 2.42 bits per heavy atom. The molecular formula is C16H15BrO2. The lowest BCUT2D eigenvalue weighted by molar-refractivity contribution is 0.103. The molecule has 0 fully saturated rings. The second-order valence-electron chi connectivity index (χ2n) is 4.18. The molecule has 19 heavy (non-hydrogen) atoms. The first-order valence-corrected chi connectivity index (χ1v) is 7.03. The van der Waals surface area contributed by atoms with E-state index in [0.29, 0.717) is 17.7 Å². The fourth-order valence-electron chi connectivity index (χ4n) is 1.72. The zero-order valence-corrected chi connectivity index (χ0v) is 12.3. The van der Waals surface area contributed by atoms with E-state index in [-0.39, 0.29) is 5.78 Å². The molecule has 0 aromatic heterocycles. The van der Waals surface area contributed by atoms with Crippen LogP contribution < -0.4 is 4.74 Å². The molecule has 0 bridgehead atoms. The Morgan fingerprint density at radius 2 is 1.79 bits per heavy atom. The van der Waals surface area contributed by atoms with Crippen molar-refractivity contribution in [3.05, 3.63) is 64.1 Å². The van der Waals surface area contributed by atoms with Crippen LogP contribution >= 0.6 is 15.9 Å². The Bertz CT molecular complexity index is 561. The van der Waals surface area contributed by atoms with E-state index in [9.17, 15) is 4.79 Å². The normalized spacial score (nSPS) is 10.2. The monoisotopic (exact) mass is 318 g/mol. The van der Waals surface area contributed by atoms with Crippen LogP contribution in [0, 0.1) is 0 Å². The van der Waals surface area contributed by atoms with Gasteiger partial charge in [0.25, 0.3) is 0 Å². The van der Waals surface area contributed by atoms with Crippen LogP contribution in [0.4, 0.5) is 0 Å². The molecule has 0 heterocycles. The van der Waals surface area contributed by atoms with Crippen molar-refractivity contribution in [3.63, 3.8) is 0 Å². The molecule has 0 aliphatic rings. The molecule has 2 aromatic rings. The standard InChI is InChI=1S/C16H15BrO2/c1-2-11-19-13-9-7-12(8-10-13)16(18)14-5-3-4-6-15(14)17/h3-10H,2,11H2,1H3. The minimum atomic E-state index is 0.00881. The number of carbonyl (C=O) groups excluding carboxylic acids is 1. The van der Waals surface area contributed by atoms with E-state index in [1.165, 1.54) is 0 Å². The van der Waals surface area contributed by atoms with E-state index in [0.717, 1.165) is 16.6 Å². The van der Waals surface area contributed by atoms with E-state index in [1.54, 1.807) is 12.1 Å². The summed E-state index contributed by atoms with van der Waals surface area (Å²) in [5.74, 6) is 0.806. The van der Waals surface area contributed by atoms with Crippen molar-refractivity contribution in [3.8, 4) is 5.75 Å². The number of ketones is 1. The fraction of sp³-hybridized carbons (Fsp3) is 0.188. The van der Waals surface area contributed by atoms with Gasteiger partial charge in [-0.05, 0) is 42.8 Å². The first-order valence-electron chi connectivity index (χ1n) is 6.24. The number of hydrogen-bond donors (Lipinski definition) is 0. The number of benzene rings is 2. The van der Waals surface area contributed by atoms with Gasteiger partial charge in [-0.3, -0.25) is 4.79 Å². The summed E-state index contributed by atoms with van der Waals surface area (Å²) in [5, 5.41) is 0. The van der Waals surface area contributed by atoms with Crippen molar-refractivity contribution in [2.24, 2.45) is 0 Å². The summed E-state index contributed by atoms with van der Waals surface area (Å²) in [4.78, 5) is 12.3. The number of rotatable bonds is 5. The van der Waals surface area contributed by atoms with Crippen LogP contribution in [-0.2, 0) is 0 Å². The Morgan fingerprint density at radius 1 is 1.11 bits per heavy atom. The Hall–Kier alpha value is -1.61. The smallest absolute Gasteiger partial charge is 0.194 e. The molecule has 2 rings (SSSR count). The van der Waals surface area contributed by atoms with Crippen LogP contribution in [0.25, 0.3) is 0 Å². The van der Waals surface area contributed by atoms with Gasteiger partial charge in [0.2, 0.25) is 0 Å². The predicted octanol–water partition coefficient (Wildman–Crippen LogP) is 4.47. The summed E-state index contributed by atoms with van der Waals surface area (Å²) in [7, 11) is 0. The quantitative estimate of drug-likeness (QED) is 0.760. The second-order valence-corrected chi connectivity index (χ2v) is 5.04. The van der Waals surface area contributed by atoms with Crippen molar-refractivity contribution in [2.75, 3.05) is 6.61 Å². The molecule has 0 atom stereocenters. The molecule has 0 aliphatic heterocycles. The third-order valence-corrected chi connectivity index (χ3v) is 3.40. The summed E-state index contributed by atoms with van der Waals surface area (Å²) in [6.45, 7) is 2.75. The largest absolute Gasteiger partial charge is 0.494 e. The van der Waals surface area contributed by atoms with Gasteiger partial charge in [0.05, 0.1) is 6.61 Å². The molecule has 0 saturated heterocycles. The van der Waals surface area contributed by atoms with Crippen LogP contribution in [0.5, 0.6) is 5.75 Å². The van der Waals surface area contributed by atoms with Crippen molar-refractivity contribution >= 4 is 21.7 Å². The zero-order valence-electron chi connectivity index (χ0n) is 10.7. The van der Waals surface area contributed by atoms with E-state index in [1.807, 2.05) is 36.4 Å². The first-order chi connectivity index (χ1) is 9.22. The molecule has 0 spiro atoms. The van der Waals surface area contributed by atoms with Gasteiger partial charge in [0.15, 0.2) is 5.78 Å². The first kappa shape index (κ1) is 13.8. The van der Waals surface area contributed by atoms with E-state index in [4.69, 9.17) is 4.74 Å². The lowest BCUT2D eigenvalue weighted by Gasteiger charge is -2.06. The van der Waals surface area contributed by atoms with Crippen LogP contribution in [0.2, 0.25) is 0 Å². The molecule has 98 valence electrons. The average Bonchev–Trinajstić information content (AvgIpc) is 2.45. The molecule has 0 N–H and O–H groups in total. The van der Waals surface area contributed by atoms with E-state index < -0.39 is 0 Å². The Kier molecular flexibility index (Phi) is 4.74. The summed E-state index contributed by atoms with van der Waals surface area (Å²) < 4.78 is 6.31. The second kappa shape index (κ2) is 6.53. The molecule has 3 heteroatoms. The SMILES string of the molecule is CCCOc1ccc(C(=O)c2ccccc2Br)cc1. The average molecular weight is 319 g/mol. The lowest BCUT2D eigenvalue weighted by atomic mass is 10.0. The van der Waals surface area contributed by atoms with Gasteiger partial charge in [-0.1, -0.05) is 35.0 Å². The van der Waals surface area contributed by atoms with Gasteiger partial charge >= 0.3 is 0 Å². The third-order valence-electron chi connectivity index (χ3n) is 2.71. The Labute approximate surface area is 121 Å². The summed E-state index contributed by atoms with van der Waals surface area (Å²) >= 11 is 3.40. The molecule has 0 saturated carbocycles. The highest BCUT2D eigenvalue weighted by Crippen LogP contribution is 2.21. The Balaban J connectivity index is 2.18. The topological polar surface area (TPSA) is 26.3 Å². The van der Waals surface area contributed by atoms with Gasteiger partial charge < -0.3 is 4.74 Å². The molecule has 2 aromatic carbocycles. The highest BCUT2D eigenvalue weighted by atomic mass is 79.9. The van der Waals surface area contributed by atoms with Crippen LogP contribution in [0.15, 0.2) is 53.0 Å². The van der Waals surface area contributed by atoms with E-state index in [2.05, 4.69) is 22.9 Å². The number of hydrogen-bond acceptors (Lipinski definition) is 2. The van der Waals surface area contributed by atoms with E-state index >= 15 is 0 Å². The van der Waals surface area contributed by atoms with Gasteiger partial charge in [0.1, 0.15) is 5.75 Å². The maximum atomic E-state index is 12.3. The van der Waals surface area contributed by atoms with Gasteiger partial charge in [-0.25, -0.2) is 0 Å². The third kappa shape index (κ3) is 3.44. The maximum absolute atomic E-state index is 12.3. The molecular weight excluding hydrogens is 304 g/mol. The maximum Gasteiger partial charge on any atom is 0.194 e. The molecule has 0 amide bonds. The predicted molar refractivity (Wildman–Crippen MR) is 79.8 cm³/mol. The molecule has 0 aliphatic carbocycles. The molecule has 2 nitrogen and oxygen atoms in total. The van der Waals surface area contributed by atoms with Crippen LogP contribution in [0.1, 0.15) is 29.3 Å². The zero-order chi connectivity index (χ0) is 13.7.